The number of hydrogen-bond donors (Lipinski definition) is 1. The Morgan fingerprint density at radius 3 is 2.42 bits per heavy atom. The van der Waals surface area contributed by atoms with Gasteiger partial charge < -0.3 is 15.2 Å². The van der Waals surface area contributed by atoms with Crippen LogP contribution in [0.25, 0.3) is 16.6 Å². The highest BCUT2D eigenvalue weighted by molar-refractivity contribution is 6.01. The van der Waals surface area contributed by atoms with Crippen molar-refractivity contribution in [2.24, 2.45) is 24.1 Å². The maximum Gasteiger partial charge on any atom is 0.250 e. The van der Waals surface area contributed by atoms with Crippen LogP contribution in [0, 0.1) is 11.3 Å². The van der Waals surface area contributed by atoms with Crippen LogP contribution in [0.3, 0.4) is 0 Å². The predicted molar refractivity (Wildman–Crippen MR) is 137 cm³/mol. The first kappa shape index (κ1) is 22.3. The molecule has 2 atom stereocenters. The largest absolute Gasteiger partial charge is 0.369 e. The lowest BCUT2D eigenvalue weighted by molar-refractivity contribution is -0.125. The predicted octanol–water partition coefficient (Wildman–Crippen LogP) is 3.26. The molecule has 2 N–H and O–H groups in total. The van der Waals surface area contributed by atoms with E-state index >= 15 is 0 Å². The number of benzene rings is 2. The summed E-state index contributed by atoms with van der Waals surface area (Å²) in [5.74, 6) is -0.566. The zero-order valence-corrected chi connectivity index (χ0v) is 20.2. The summed E-state index contributed by atoms with van der Waals surface area (Å²) in [6, 6.07) is 19.0. The maximum absolute atomic E-state index is 13.6. The van der Waals surface area contributed by atoms with Crippen LogP contribution in [0.2, 0.25) is 0 Å². The summed E-state index contributed by atoms with van der Waals surface area (Å²) >= 11 is 0. The summed E-state index contributed by atoms with van der Waals surface area (Å²) in [7, 11) is 1.70. The van der Waals surface area contributed by atoms with Crippen molar-refractivity contribution in [3.8, 4) is 5.69 Å². The summed E-state index contributed by atoms with van der Waals surface area (Å²) in [6.45, 7) is 2.05. The van der Waals surface area contributed by atoms with Crippen molar-refractivity contribution in [3.63, 3.8) is 0 Å². The monoisotopic (exact) mass is 481 g/mol. The third kappa shape index (κ3) is 3.07. The lowest BCUT2D eigenvalue weighted by Gasteiger charge is -2.42. The molecule has 8 heteroatoms. The van der Waals surface area contributed by atoms with Gasteiger partial charge in [-0.2, -0.15) is 5.10 Å². The molecule has 0 spiro atoms. The fraction of sp³-hybridized carbons (Fsp3) is 0.286. The summed E-state index contributed by atoms with van der Waals surface area (Å²) in [5.41, 5.74) is 7.77. The van der Waals surface area contributed by atoms with Crippen molar-refractivity contribution in [3.05, 3.63) is 89.0 Å². The first-order chi connectivity index (χ1) is 17.3. The minimum Gasteiger partial charge on any atom is -0.369 e. The van der Waals surface area contributed by atoms with Gasteiger partial charge >= 0.3 is 0 Å². The van der Waals surface area contributed by atoms with Crippen LogP contribution < -0.4 is 16.2 Å². The fourth-order valence-corrected chi connectivity index (χ4v) is 6.10. The number of aromatic nitrogens is 3. The third-order valence-corrected chi connectivity index (χ3v) is 8.20. The number of aryl methyl sites for hydroxylation is 1. The number of hydrogen-bond acceptors (Lipinski definition) is 4. The molecule has 182 valence electrons. The standard InChI is InChI=1S/C28H27N5O3/c1-27(19-6-4-3-5-7-19)23(28(12-13-28)26(29)36)15-25(35)32(27)20-8-10-22-18(14-20)16-30-33(22)21-9-11-24(34)31(2)17-21/h3-11,14,16-17,23H,12-13,15H2,1-2H3,(H2,29,36)/t23-,27+/m1/s1. The average molecular weight is 482 g/mol. The normalized spacial score (nSPS) is 22.8. The second-order valence-electron chi connectivity index (χ2n) is 10.2. The van der Waals surface area contributed by atoms with Gasteiger partial charge in [0.15, 0.2) is 0 Å². The van der Waals surface area contributed by atoms with E-state index in [0.29, 0.717) is 12.8 Å². The van der Waals surface area contributed by atoms with E-state index in [-0.39, 0.29) is 29.7 Å². The van der Waals surface area contributed by atoms with E-state index in [0.717, 1.165) is 27.8 Å². The van der Waals surface area contributed by atoms with Gasteiger partial charge in [-0.1, -0.05) is 30.3 Å². The molecular weight excluding hydrogens is 454 g/mol. The van der Waals surface area contributed by atoms with Gasteiger partial charge in [0.1, 0.15) is 0 Å². The SMILES string of the molecule is Cn1cc(-n2ncc3cc(N4C(=O)C[C@@H](C5(C(N)=O)CC5)[C@]4(C)c4ccccc4)ccc32)ccc1=O. The molecule has 0 bridgehead atoms. The number of rotatable bonds is 5. The number of carbonyl (C=O) groups excluding carboxylic acids is 2. The van der Waals surface area contributed by atoms with Crippen molar-refractivity contribution in [2.45, 2.75) is 31.7 Å². The average Bonchev–Trinajstić information content (AvgIpc) is 3.50. The Morgan fingerprint density at radius 1 is 1.03 bits per heavy atom. The quantitative estimate of drug-likeness (QED) is 0.473. The molecule has 4 aromatic rings. The highest BCUT2D eigenvalue weighted by Gasteiger charge is 2.66. The topological polar surface area (TPSA) is 103 Å². The zero-order chi connectivity index (χ0) is 25.2. The molecule has 8 nitrogen and oxygen atoms in total. The van der Waals surface area contributed by atoms with E-state index in [1.54, 1.807) is 30.2 Å². The van der Waals surface area contributed by atoms with E-state index in [1.165, 1.54) is 10.6 Å². The van der Waals surface area contributed by atoms with E-state index in [9.17, 15) is 14.4 Å². The molecule has 2 amide bonds. The Hall–Kier alpha value is -4.20. The minimum absolute atomic E-state index is 0.0244. The number of pyridine rings is 1. The van der Waals surface area contributed by atoms with Crippen LogP contribution >= 0.6 is 0 Å². The van der Waals surface area contributed by atoms with Gasteiger partial charge in [-0.25, -0.2) is 4.68 Å². The van der Waals surface area contributed by atoms with Crippen molar-refractivity contribution in [2.75, 3.05) is 4.90 Å². The lowest BCUT2D eigenvalue weighted by Crippen LogP contribution is -2.49. The van der Waals surface area contributed by atoms with E-state index < -0.39 is 11.0 Å². The Kier molecular flexibility index (Phi) is 4.73. The van der Waals surface area contributed by atoms with Crippen LogP contribution in [0.5, 0.6) is 0 Å². The highest BCUT2D eigenvalue weighted by atomic mass is 16.2. The number of primary amides is 1. The number of amides is 2. The molecule has 1 aliphatic heterocycles. The van der Waals surface area contributed by atoms with Gasteiger partial charge in [0.05, 0.1) is 28.4 Å². The number of nitrogens with two attached hydrogens (primary N) is 1. The minimum atomic E-state index is -0.731. The highest BCUT2D eigenvalue weighted by Crippen LogP contribution is 2.63. The smallest absolute Gasteiger partial charge is 0.250 e. The molecule has 6 rings (SSSR count). The zero-order valence-electron chi connectivity index (χ0n) is 20.2. The van der Waals surface area contributed by atoms with Crippen molar-refractivity contribution >= 4 is 28.4 Å². The molecule has 1 saturated heterocycles. The first-order valence-electron chi connectivity index (χ1n) is 12.1. The van der Waals surface area contributed by atoms with E-state index in [4.69, 9.17) is 5.73 Å². The molecule has 2 fully saturated rings. The van der Waals surface area contributed by atoms with Crippen molar-refractivity contribution in [1.82, 2.24) is 14.3 Å². The van der Waals surface area contributed by atoms with E-state index in [1.807, 2.05) is 53.4 Å². The molecule has 0 unspecified atom stereocenters. The summed E-state index contributed by atoms with van der Waals surface area (Å²) in [6.07, 6.45) is 5.18. The Balaban J connectivity index is 1.48. The number of anilines is 1. The summed E-state index contributed by atoms with van der Waals surface area (Å²) < 4.78 is 3.29. The summed E-state index contributed by atoms with van der Waals surface area (Å²) in [4.78, 5) is 39.8. The summed E-state index contributed by atoms with van der Waals surface area (Å²) in [5, 5.41) is 5.41. The Bertz CT molecular complexity index is 1580. The van der Waals surface area contributed by atoms with Crippen LogP contribution in [-0.4, -0.2) is 26.2 Å². The molecule has 2 aromatic carbocycles. The second kappa shape index (κ2) is 7.65. The number of nitrogens with zero attached hydrogens (tertiary/aromatic N) is 4. The molecule has 0 radical (unpaired) electrons. The van der Waals surface area contributed by atoms with E-state index in [2.05, 4.69) is 12.0 Å². The first-order valence-corrected chi connectivity index (χ1v) is 12.1. The van der Waals surface area contributed by atoms with Crippen LogP contribution in [0.1, 0.15) is 31.7 Å². The van der Waals surface area contributed by atoms with Gasteiger partial charge in [0, 0.05) is 42.7 Å². The van der Waals surface area contributed by atoms with Crippen LogP contribution in [-0.2, 0) is 22.2 Å². The van der Waals surface area contributed by atoms with Gasteiger partial charge in [-0.3, -0.25) is 14.4 Å². The second-order valence-corrected chi connectivity index (χ2v) is 10.2. The van der Waals surface area contributed by atoms with Crippen molar-refractivity contribution in [1.29, 1.82) is 0 Å². The third-order valence-electron chi connectivity index (χ3n) is 8.20. The molecule has 2 aliphatic rings. The molecule has 1 saturated carbocycles. The number of carbonyl (C=O) groups is 2. The Labute approximate surface area is 207 Å². The van der Waals surface area contributed by atoms with Gasteiger partial charge in [-0.05, 0) is 49.6 Å². The molecule has 2 aromatic heterocycles. The Morgan fingerprint density at radius 2 is 1.75 bits per heavy atom. The van der Waals surface area contributed by atoms with Crippen LogP contribution in [0.4, 0.5) is 5.69 Å². The fourth-order valence-electron chi connectivity index (χ4n) is 6.10. The van der Waals surface area contributed by atoms with Crippen molar-refractivity contribution < 1.29 is 9.59 Å². The molecular formula is C28H27N5O3. The lowest BCUT2D eigenvalue weighted by atomic mass is 9.71. The van der Waals surface area contributed by atoms with Gasteiger partial charge in [-0.15, -0.1) is 0 Å². The van der Waals surface area contributed by atoms with Gasteiger partial charge in [0.2, 0.25) is 17.4 Å². The van der Waals surface area contributed by atoms with Gasteiger partial charge in [0.25, 0.3) is 0 Å². The number of fused-ring (bicyclic) bond motifs is 1. The molecule has 36 heavy (non-hydrogen) atoms. The maximum atomic E-state index is 13.6. The molecule has 1 aliphatic carbocycles. The van der Waals surface area contributed by atoms with Crippen LogP contribution in [0.15, 0.2) is 77.9 Å². The molecule has 3 heterocycles.